The molecule has 0 saturated heterocycles. The third kappa shape index (κ3) is 2.62. The normalized spacial score (nSPS) is 16.0. The lowest BCUT2D eigenvalue weighted by Gasteiger charge is -2.22. The van der Waals surface area contributed by atoms with Gasteiger partial charge in [-0.05, 0) is 41.3 Å². The molecule has 0 radical (unpaired) electrons. The van der Waals surface area contributed by atoms with Crippen LogP contribution in [0, 0.1) is 0 Å². The minimum absolute atomic E-state index is 0.232. The molecule has 128 valence electrons. The first-order chi connectivity index (χ1) is 12.8. The van der Waals surface area contributed by atoms with E-state index in [0.29, 0.717) is 0 Å². The number of fused-ring (bicyclic) bond motifs is 4. The zero-order valence-electron chi connectivity index (χ0n) is 14.8. The van der Waals surface area contributed by atoms with E-state index >= 15 is 0 Å². The first kappa shape index (κ1) is 15.7. The Kier molecular flexibility index (Phi) is 3.79. The molecule has 1 aromatic heterocycles. The summed E-state index contributed by atoms with van der Waals surface area (Å²) in [5, 5.41) is 6.41. The summed E-state index contributed by atoms with van der Waals surface area (Å²) in [5.74, 6) is 0. The highest BCUT2D eigenvalue weighted by Crippen LogP contribution is 2.37. The lowest BCUT2D eigenvalue weighted by atomic mass is 9.99. The highest BCUT2D eigenvalue weighted by atomic mass is 32.1. The molecule has 26 heavy (non-hydrogen) atoms. The highest BCUT2D eigenvalue weighted by Gasteiger charge is 2.15. The highest BCUT2D eigenvalue weighted by molar-refractivity contribution is 7.25. The van der Waals surface area contributed by atoms with Gasteiger partial charge in [-0.15, -0.1) is 11.3 Å². The van der Waals surface area contributed by atoms with Gasteiger partial charge >= 0.3 is 0 Å². The fourth-order valence-electron chi connectivity index (χ4n) is 3.86. The molecule has 2 heteroatoms. The number of hydrogen-bond donors (Lipinski definition) is 1. The Hall–Kier alpha value is -2.58. The van der Waals surface area contributed by atoms with Gasteiger partial charge in [0.2, 0.25) is 0 Å². The molecule has 5 rings (SSSR count). The maximum absolute atomic E-state index is 3.66. The molecule has 0 aliphatic carbocycles. The maximum atomic E-state index is 3.66. The van der Waals surface area contributed by atoms with E-state index in [-0.39, 0.29) is 6.04 Å². The summed E-state index contributed by atoms with van der Waals surface area (Å²) in [4.78, 5) is 0. The summed E-state index contributed by atoms with van der Waals surface area (Å²) in [7, 11) is 0. The third-order valence-corrected chi connectivity index (χ3v) is 6.31. The van der Waals surface area contributed by atoms with Crippen LogP contribution in [0.15, 0.2) is 66.7 Å². The molecule has 1 atom stereocenters. The van der Waals surface area contributed by atoms with E-state index in [2.05, 4.69) is 85.1 Å². The van der Waals surface area contributed by atoms with Crippen LogP contribution in [-0.2, 0) is 6.42 Å². The summed E-state index contributed by atoms with van der Waals surface area (Å²) in [6.45, 7) is 2.24. The van der Waals surface area contributed by atoms with Gasteiger partial charge < -0.3 is 5.32 Å². The van der Waals surface area contributed by atoms with Gasteiger partial charge in [-0.1, -0.05) is 68.0 Å². The average molecular weight is 356 g/mol. The van der Waals surface area contributed by atoms with E-state index in [9.17, 15) is 0 Å². The van der Waals surface area contributed by atoms with Crippen molar-refractivity contribution in [2.45, 2.75) is 25.8 Å². The second-order valence-electron chi connectivity index (χ2n) is 7.01. The minimum atomic E-state index is 0.232. The molecular weight excluding hydrogens is 334 g/mol. The fourth-order valence-corrected chi connectivity index (χ4v) is 5.08. The molecule has 1 N–H and O–H groups in total. The monoisotopic (exact) mass is 355 g/mol. The Morgan fingerprint density at radius 1 is 0.923 bits per heavy atom. The van der Waals surface area contributed by atoms with Gasteiger partial charge in [0.05, 0.1) is 6.04 Å². The number of benzene rings is 3. The van der Waals surface area contributed by atoms with Crippen molar-refractivity contribution < 1.29 is 0 Å². The molecular formula is C24H21NS. The van der Waals surface area contributed by atoms with Crippen LogP contribution < -0.4 is 5.32 Å². The van der Waals surface area contributed by atoms with Crippen molar-refractivity contribution >= 4 is 43.3 Å². The van der Waals surface area contributed by atoms with E-state index in [1.165, 1.54) is 49.0 Å². The molecule has 1 nitrogen and oxygen atoms in total. The molecule has 1 aliphatic rings. The quantitative estimate of drug-likeness (QED) is 0.410. The number of rotatable bonds is 3. The Bertz CT molecular complexity index is 1140. The Balaban J connectivity index is 1.55. The van der Waals surface area contributed by atoms with Crippen molar-refractivity contribution in [1.29, 1.82) is 0 Å². The topological polar surface area (TPSA) is 12.0 Å². The number of para-hydroxylation sites is 1. The molecule has 2 heterocycles. The van der Waals surface area contributed by atoms with E-state index < -0.39 is 0 Å². The van der Waals surface area contributed by atoms with Crippen molar-refractivity contribution in [3.63, 3.8) is 0 Å². The largest absolute Gasteiger partial charge is 0.374 e. The van der Waals surface area contributed by atoms with E-state index in [0.717, 1.165) is 6.42 Å². The van der Waals surface area contributed by atoms with E-state index in [1.54, 1.807) is 0 Å². The number of aryl methyl sites for hydroxylation is 1. The Labute approximate surface area is 158 Å². The van der Waals surface area contributed by atoms with Crippen molar-refractivity contribution in [2.75, 3.05) is 5.32 Å². The van der Waals surface area contributed by atoms with Gasteiger partial charge in [-0.25, -0.2) is 0 Å². The first-order valence-electron chi connectivity index (χ1n) is 9.31. The van der Waals surface area contributed by atoms with Gasteiger partial charge in [0.15, 0.2) is 0 Å². The van der Waals surface area contributed by atoms with Crippen LogP contribution in [0.3, 0.4) is 0 Å². The van der Waals surface area contributed by atoms with Crippen LogP contribution in [0.4, 0.5) is 5.69 Å². The van der Waals surface area contributed by atoms with Crippen LogP contribution in [-0.4, -0.2) is 0 Å². The predicted octanol–water partition coefficient (Wildman–Crippen LogP) is 7.19. The lowest BCUT2D eigenvalue weighted by Crippen LogP contribution is -2.11. The van der Waals surface area contributed by atoms with Crippen molar-refractivity contribution in [3.8, 4) is 0 Å². The fraction of sp³-hybridized carbons (Fsp3) is 0.167. The SMILES string of the molecule is CCCc1ccc2c(c1)sc1cc(C3C=Cc4ccccc4N3)ccc12. The van der Waals surface area contributed by atoms with Gasteiger partial charge in [0.1, 0.15) is 0 Å². The van der Waals surface area contributed by atoms with Crippen molar-refractivity contribution in [1.82, 2.24) is 0 Å². The van der Waals surface area contributed by atoms with E-state index in [1.807, 2.05) is 11.3 Å². The minimum Gasteiger partial charge on any atom is -0.374 e. The van der Waals surface area contributed by atoms with Crippen LogP contribution in [0.25, 0.3) is 26.2 Å². The zero-order valence-corrected chi connectivity index (χ0v) is 15.6. The molecule has 0 bridgehead atoms. The molecule has 0 fully saturated rings. The zero-order chi connectivity index (χ0) is 17.5. The van der Waals surface area contributed by atoms with Crippen LogP contribution in [0.2, 0.25) is 0 Å². The Morgan fingerprint density at radius 3 is 2.62 bits per heavy atom. The van der Waals surface area contributed by atoms with E-state index in [4.69, 9.17) is 0 Å². The molecule has 0 amide bonds. The standard InChI is InChI=1S/C24H21NS/c1-2-5-16-8-11-19-20-12-9-18(15-24(20)26-23(19)14-16)22-13-10-17-6-3-4-7-21(17)25-22/h3-4,6-15,22,25H,2,5H2,1H3. The number of thiophene rings is 1. The third-order valence-electron chi connectivity index (χ3n) is 5.20. The molecule has 0 spiro atoms. The van der Waals surface area contributed by atoms with Gasteiger partial charge in [0, 0.05) is 25.9 Å². The van der Waals surface area contributed by atoms with Crippen LogP contribution >= 0.6 is 11.3 Å². The average Bonchev–Trinajstić information content (AvgIpc) is 3.04. The van der Waals surface area contributed by atoms with Crippen LogP contribution in [0.5, 0.6) is 0 Å². The lowest BCUT2D eigenvalue weighted by molar-refractivity contribution is 0.924. The maximum Gasteiger partial charge on any atom is 0.0701 e. The van der Waals surface area contributed by atoms with Gasteiger partial charge in [-0.2, -0.15) is 0 Å². The number of hydrogen-bond acceptors (Lipinski definition) is 2. The summed E-state index contributed by atoms with van der Waals surface area (Å²) in [5.41, 5.74) is 5.24. The first-order valence-corrected chi connectivity index (χ1v) is 10.1. The molecule has 1 aliphatic heterocycles. The Morgan fingerprint density at radius 2 is 1.73 bits per heavy atom. The summed E-state index contributed by atoms with van der Waals surface area (Å²) in [6, 6.07) is 22.6. The molecule has 1 unspecified atom stereocenters. The second-order valence-corrected chi connectivity index (χ2v) is 8.09. The molecule has 0 saturated carbocycles. The molecule has 4 aromatic rings. The van der Waals surface area contributed by atoms with Crippen molar-refractivity contribution in [3.05, 3.63) is 83.4 Å². The van der Waals surface area contributed by atoms with Gasteiger partial charge in [-0.3, -0.25) is 0 Å². The second kappa shape index (κ2) is 6.30. The number of anilines is 1. The van der Waals surface area contributed by atoms with Crippen molar-refractivity contribution in [2.24, 2.45) is 0 Å². The molecule has 3 aromatic carbocycles. The number of nitrogens with one attached hydrogen (secondary N) is 1. The predicted molar refractivity (Wildman–Crippen MR) is 115 cm³/mol. The summed E-state index contributed by atoms with van der Waals surface area (Å²) < 4.78 is 2.78. The van der Waals surface area contributed by atoms with Crippen LogP contribution in [0.1, 0.15) is 36.1 Å². The smallest absolute Gasteiger partial charge is 0.0701 e. The summed E-state index contributed by atoms with van der Waals surface area (Å²) in [6.07, 6.45) is 6.84. The summed E-state index contributed by atoms with van der Waals surface area (Å²) >= 11 is 1.91. The van der Waals surface area contributed by atoms with Gasteiger partial charge in [0.25, 0.3) is 0 Å².